The van der Waals surface area contributed by atoms with Gasteiger partial charge in [-0.1, -0.05) is 41.4 Å². The third-order valence-corrected chi connectivity index (χ3v) is 3.83. The van der Waals surface area contributed by atoms with Crippen LogP contribution in [-0.4, -0.2) is 6.04 Å². The Morgan fingerprint density at radius 2 is 2.00 bits per heavy atom. The third kappa shape index (κ3) is 4.34. The Balaban J connectivity index is 2.08. The predicted octanol–water partition coefficient (Wildman–Crippen LogP) is 4.60. The van der Waals surface area contributed by atoms with Crippen molar-refractivity contribution in [3.63, 3.8) is 0 Å². The highest BCUT2D eigenvalue weighted by Gasteiger charge is 2.09. The molecular formula is C16H16Cl2FNO. The molecule has 2 rings (SSSR count). The summed E-state index contributed by atoms with van der Waals surface area (Å²) in [5.41, 5.74) is 7.25. The molecule has 1 unspecified atom stereocenters. The Bertz CT molecular complexity index is 632. The SMILES string of the molecule is CC(N)Cc1ccc(OCc2cccc(Cl)c2Cl)c(F)c1. The van der Waals surface area contributed by atoms with Gasteiger partial charge in [-0.3, -0.25) is 0 Å². The van der Waals surface area contributed by atoms with Crippen LogP contribution < -0.4 is 10.5 Å². The maximum atomic E-state index is 14.0. The van der Waals surface area contributed by atoms with Gasteiger partial charge in [0.2, 0.25) is 0 Å². The van der Waals surface area contributed by atoms with Gasteiger partial charge in [0, 0.05) is 11.6 Å². The Kier molecular flexibility index (Phi) is 5.45. The molecule has 5 heteroatoms. The van der Waals surface area contributed by atoms with Crippen LogP contribution in [0.5, 0.6) is 5.75 Å². The van der Waals surface area contributed by atoms with E-state index in [2.05, 4.69) is 0 Å². The summed E-state index contributed by atoms with van der Waals surface area (Å²) in [6.45, 7) is 2.03. The van der Waals surface area contributed by atoms with E-state index in [1.165, 1.54) is 6.07 Å². The topological polar surface area (TPSA) is 35.2 Å². The predicted molar refractivity (Wildman–Crippen MR) is 84.5 cm³/mol. The van der Waals surface area contributed by atoms with Crippen LogP contribution in [0.25, 0.3) is 0 Å². The van der Waals surface area contributed by atoms with Crippen molar-refractivity contribution >= 4 is 23.2 Å². The molecular weight excluding hydrogens is 312 g/mol. The Morgan fingerprint density at radius 3 is 2.67 bits per heavy atom. The van der Waals surface area contributed by atoms with Crippen LogP contribution in [0.3, 0.4) is 0 Å². The maximum Gasteiger partial charge on any atom is 0.165 e. The highest BCUT2D eigenvalue weighted by atomic mass is 35.5. The van der Waals surface area contributed by atoms with Crippen LogP contribution in [0.2, 0.25) is 10.0 Å². The smallest absolute Gasteiger partial charge is 0.165 e. The van der Waals surface area contributed by atoms with Crippen LogP contribution in [0.4, 0.5) is 4.39 Å². The third-order valence-electron chi connectivity index (χ3n) is 2.97. The average Bonchev–Trinajstić information content (AvgIpc) is 2.41. The highest BCUT2D eigenvalue weighted by Crippen LogP contribution is 2.27. The van der Waals surface area contributed by atoms with Gasteiger partial charge in [0.05, 0.1) is 10.0 Å². The molecule has 0 radical (unpaired) electrons. The molecule has 21 heavy (non-hydrogen) atoms. The van der Waals surface area contributed by atoms with Gasteiger partial charge in [0.15, 0.2) is 11.6 Å². The van der Waals surface area contributed by atoms with Crippen LogP contribution in [-0.2, 0) is 13.0 Å². The first-order chi connectivity index (χ1) is 9.97. The normalized spacial score (nSPS) is 12.2. The molecule has 0 amide bonds. The van der Waals surface area contributed by atoms with Crippen LogP contribution in [0.1, 0.15) is 18.1 Å². The largest absolute Gasteiger partial charge is 0.486 e. The minimum absolute atomic E-state index is 0.0126. The zero-order valence-electron chi connectivity index (χ0n) is 11.6. The molecule has 2 N–H and O–H groups in total. The summed E-state index contributed by atoms with van der Waals surface area (Å²) < 4.78 is 19.4. The molecule has 0 bridgehead atoms. The Morgan fingerprint density at radius 1 is 1.24 bits per heavy atom. The van der Waals surface area contributed by atoms with Crippen molar-refractivity contribution in [3.05, 3.63) is 63.4 Å². The fourth-order valence-electron chi connectivity index (χ4n) is 1.98. The molecule has 0 aliphatic rings. The van der Waals surface area contributed by atoms with Crippen LogP contribution >= 0.6 is 23.2 Å². The second-order valence-corrected chi connectivity index (χ2v) is 5.73. The molecule has 0 aliphatic carbocycles. The lowest BCUT2D eigenvalue weighted by atomic mass is 10.1. The molecule has 112 valence electrons. The number of benzene rings is 2. The first-order valence-corrected chi connectivity index (χ1v) is 7.32. The van der Waals surface area contributed by atoms with Crippen LogP contribution in [0.15, 0.2) is 36.4 Å². The van der Waals surface area contributed by atoms with Gasteiger partial charge in [0.1, 0.15) is 6.61 Å². The second kappa shape index (κ2) is 7.12. The van der Waals surface area contributed by atoms with E-state index in [0.717, 1.165) is 5.56 Å². The summed E-state index contributed by atoms with van der Waals surface area (Å²) in [5.74, 6) is -0.231. The number of ether oxygens (including phenoxy) is 1. The summed E-state index contributed by atoms with van der Waals surface area (Å²) >= 11 is 12.0. The molecule has 2 aromatic rings. The van der Waals surface area contributed by atoms with E-state index >= 15 is 0 Å². The first-order valence-electron chi connectivity index (χ1n) is 6.57. The van der Waals surface area contributed by atoms with E-state index in [1.54, 1.807) is 30.3 Å². The van der Waals surface area contributed by atoms with Crippen molar-refractivity contribution in [1.29, 1.82) is 0 Å². The van der Waals surface area contributed by atoms with Crippen molar-refractivity contribution in [2.75, 3.05) is 0 Å². The summed E-state index contributed by atoms with van der Waals surface area (Å²) in [5, 5.41) is 0.874. The van der Waals surface area contributed by atoms with Crippen LogP contribution in [0, 0.1) is 5.82 Å². The summed E-state index contributed by atoms with van der Waals surface area (Å²) in [4.78, 5) is 0. The van der Waals surface area contributed by atoms with E-state index in [1.807, 2.05) is 6.92 Å². The van der Waals surface area contributed by atoms with Gasteiger partial charge in [-0.15, -0.1) is 0 Å². The lowest BCUT2D eigenvalue weighted by Gasteiger charge is -2.11. The lowest BCUT2D eigenvalue weighted by molar-refractivity contribution is 0.290. The van der Waals surface area contributed by atoms with Crippen molar-refractivity contribution in [2.24, 2.45) is 5.73 Å². The molecule has 2 nitrogen and oxygen atoms in total. The first kappa shape index (κ1) is 16.1. The van der Waals surface area contributed by atoms with Gasteiger partial charge in [-0.05, 0) is 37.1 Å². The fourth-order valence-corrected chi connectivity index (χ4v) is 2.35. The zero-order chi connectivity index (χ0) is 15.4. The van der Waals surface area contributed by atoms with Gasteiger partial charge < -0.3 is 10.5 Å². The average molecular weight is 328 g/mol. The summed E-state index contributed by atoms with van der Waals surface area (Å²) in [6, 6.07) is 10.1. The molecule has 0 fully saturated rings. The second-order valence-electron chi connectivity index (χ2n) is 4.95. The minimum atomic E-state index is -0.411. The Labute approximate surface area is 133 Å². The van der Waals surface area contributed by atoms with E-state index in [9.17, 15) is 4.39 Å². The lowest BCUT2D eigenvalue weighted by Crippen LogP contribution is -2.17. The summed E-state index contributed by atoms with van der Waals surface area (Å²) in [7, 11) is 0. The van der Waals surface area contributed by atoms with E-state index in [-0.39, 0.29) is 18.4 Å². The molecule has 2 aromatic carbocycles. The number of nitrogens with two attached hydrogens (primary N) is 1. The minimum Gasteiger partial charge on any atom is -0.486 e. The van der Waals surface area contributed by atoms with E-state index in [0.29, 0.717) is 22.0 Å². The van der Waals surface area contributed by atoms with Gasteiger partial charge >= 0.3 is 0 Å². The molecule has 1 atom stereocenters. The zero-order valence-corrected chi connectivity index (χ0v) is 13.1. The van der Waals surface area contributed by atoms with Crippen molar-refractivity contribution in [2.45, 2.75) is 26.0 Å². The summed E-state index contributed by atoms with van der Waals surface area (Å²) in [6.07, 6.45) is 0.622. The Hall–Kier alpha value is -1.29. The molecule has 0 heterocycles. The molecule has 0 saturated carbocycles. The van der Waals surface area contributed by atoms with Gasteiger partial charge in [-0.25, -0.2) is 4.39 Å². The number of halogens is 3. The quantitative estimate of drug-likeness (QED) is 0.870. The molecule has 0 saturated heterocycles. The van der Waals surface area contributed by atoms with Crippen molar-refractivity contribution in [3.8, 4) is 5.75 Å². The molecule has 0 aromatic heterocycles. The van der Waals surface area contributed by atoms with Crippen molar-refractivity contribution < 1.29 is 9.13 Å². The molecule has 0 aliphatic heterocycles. The highest BCUT2D eigenvalue weighted by molar-refractivity contribution is 6.42. The number of rotatable bonds is 5. The van der Waals surface area contributed by atoms with Gasteiger partial charge in [0.25, 0.3) is 0 Å². The van der Waals surface area contributed by atoms with E-state index in [4.69, 9.17) is 33.7 Å². The molecule has 0 spiro atoms. The van der Waals surface area contributed by atoms with Crippen molar-refractivity contribution in [1.82, 2.24) is 0 Å². The van der Waals surface area contributed by atoms with Gasteiger partial charge in [-0.2, -0.15) is 0 Å². The number of hydrogen-bond acceptors (Lipinski definition) is 2. The number of hydrogen-bond donors (Lipinski definition) is 1. The standard InChI is InChI=1S/C16H16Cl2FNO/c1-10(20)7-11-5-6-15(14(19)8-11)21-9-12-3-2-4-13(17)16(12)18/h2-6,8,10H,7,9,20H2,1H3. The van der Waals surface area contributed by atoms with E-state index < -0.39 is 5.82 Å². The maximum absolute atomic E-state index is 14.0. The fraction of sp³-hybridized carbons (Fsp3) is 0.250. The monoisotopic (exact) mass is 327 g/mol.